The number of benzene rings is 3. The molecule has 0 bridgehead atoms. The van der Waals surface area contributed by atoms with Crippen LogP contribution in [0.1, 0.15) is 39.7 Å². The maximum absolute atomic E-state index is 14.2. The van der Waals surface area contributed by atoms with Crippen molar-refractivity contribution in [2.45, 2.75) is 57.1 Å². The zero-order chi connectivity index (χ0) is 31.1. The van der Waals surface area contributed by atoms with Gasteiger partial charge in [0.15, 0.2) is 11.5 Å². The van der Waals surface area contributed by atoms with Crippen molar-refractivity contribution in [1.29, 1.82) is 0 Å². The molecule has 3 aromatic carbocycles. The van der Waals surface area contributed by atoms with E-state index in [0.29, 0.717) is 22.9 Å². The predicted octanol–water partition coefficient (Wildman–Crippen LogP) is 5.27. The van der Waals surface area contributed by atoms with Gasteiger partial charge in [0.25, 0.3) is 10.0 Å². The maximum atomic E-state index is 14.2. The molecule has 0 saturated carbocycles. The van der Waals surface area contributed by atoms with Crippen molar-refractivity contribution in [3.05, 3.63) is 83.4 Å². The van der Waals surface area contributed by atoms with Crippen molar-refractivity contribution in [2.24, 2.45) is 0 Å². The molecule has 0 aliphatic heterocycles. The summed E-state index contributed by atoms with van der Waals surface area (Å²) in [6, 6.07) is 18.5. The summed E-state index contributed by atoms with van der Waals surface area (Å²) in [4.78, 5) is 29.0. The number of rotatable bonds is 12. The molecular formula is C31H38ClN3O6S. The van der Waals surface area contributed by atoms with Gasteiger partial charge in [0, 0.05) is 23.2 Å². The number of hydrogen-bond acceptors (Lipinski definition) is 6. The lowest BCUT2D eigenvalue weighted by molar-refractivity contribution is -0.141. The fourth-order valence-corrected chi connectivity index (χ4v) is 5.94. The molecule has 0 aliphatic rings. The van der Waals surface area contributed by atoms with Crippen molar-refractivity contribution in [3.8, 4) is 11.5 Å². The quantitative estimate of drug-likeness (QED) is 0.297. The van der Waals surface area contributed by atoms with Crippen LogP contribution in [0.4, 0.5) is 5.69 Å². The number of amides is 2. The fourth-order valence-electron chi connectivity index (χ4n) is 4.39. The van der Waals surface area contributed by atoms with Gasteiger partial charge in [-0.1, -0.05) is 48.9 Å². The lowest BCUT2D eigenvalue weighted by atomic mass is 10.1. The number of sulfonamides is 1. The molecule has 0 radical (unpaired) electrons. The summed E-state index contributed by atoms with van der Waals surface area (Å²) in [6.45, 7) is 6.87. The van der Waals surface area contributed by atoms with Crippen LogP contribution in [0.3, 0.4) is 0 Å². The van der Waals surface area contributed by atoms with Crippen molar-refractivity contribution < 1.29 is 27.5 Å². The Bertz CT molecular complexity index is 1470. The highest BCUT2D eigenvalue weighted by atomic mass is 35.5. The van der Waals surface area contributed by atoms with Gasteiger partial charge in [0.05, 0.1) is 24.8 Å². The molecule has 42 heavy (non-hydrogen) atoms. The first-order chi connectivity index (χ1) is 19.8. The van der Waals surface area contributed by atoms with E-state index in [1.165, 1.54) is 37.3 Å². The van der Waals surface area contributed by atoms with E-state index in [4.69, 9.17) is 21.1 Å². The Morgan fingerprint density at radius 1 is 0.929 bits per heavy atom. The highest BCUT2D eigenvalue weighted by Gasteiger charge is 2.35. The van der Waals surface area contributed by atoms with Gasteiger partial charge in [-0.05, 0) is 69.2 Å². The van der Waals surface area contributed by atoms with E-state index >= 15 is 0 Å². The molecule has 0 spiro atoms. The number of carbonyl (C=O) groups excluding carboxylic acids is 2. The molecule has 11 heteroatoms. The first-order valence-corrected chi connectivity index (χ1v) is 15.3. The summed E-state index contributed by atoms with van der Waals surface area (Å²) >= 11 is 6.08. The second-order valence-corrected chi connectivity index (χ2v) is 13.0. The molecule has 0 unspecified atom stereocenters. The van der Waals surface area contributed by atoms with E-state index in [0.717, 1.165) is 9.87 Å². The minimum atomic E-state index is -4.22. The van der Waals surface area contributed by atoms with Gasteiger partial charge in [-0.2, -0.15) is 0 Å². The molecule has 0 saturated heterocycles. The lowest BCUT2D eigenvalue weighted by Crippen LogP contribution is -2.55. The van der Waals surface area contributed by atoms with Crippen molar-refractivity contribution in [2.75, 3.05) is 25.1 Å². The lowest BCUT2D eigenvalue weighted by Gasteiger charge is -2.35. The smallest absolute Gasteiger partial charge is 0.264 e. The standard InChI is InChI=1S/C31H38ClN3O6S/c1-7-26(30(37)33-31(2,3)4)34(20-22-13-15-23(32)16-14-22)29(36)21-35(42(38,39)25-11-9-8-10-12-25)24-17-18-27(40-5)28(19-24)41-6/h8-19,26H,7,20-21H2,1-6H3,(H,33,37)/t26-/m0/s1. The molecule has 9 nitrogen and oxygen atoms in total. The van der Waals surface area contributed by atoms with Crippen LogP contribution in [-0.4, -0.2) is 57.5 Å². The number of nitrogens with zero attached hydrogens (tertiary/aromatic N) is 2. The van der Waals surface area contributed by atoms with Gasteiger partial charge in [-0.3, -0.25) is 13.9 Å². The summed E-state index contributed by atoms with van der Waals surface area (Å²) < 4.78 is 39.7. The summed E-state index contributed by atoms with van der Waals surface area (Å²) in [6.07, 6.45) is 0.309. The Morgan fingerprint density at radius 3 is 2.10 bits per heavy atom. The Morgan fingerprint density at radius 2 is 1.55 bits per heavy atom. The van der Waals surface area contributed by atoms with Gasteiger partial charge in [-0.25, -0.2) is 8.42 Å². The number of hydrogen-bond donors (Lipinski definition) is 1. The Labute approximate surface area is 253 Å². The number of halogens is 1. The number of anilines is 1. The highest BCUT2D eigenvalue weighted by Crippen LogP contribution is 2.34. The highest BCUT2D eigenvalue weighted by molar-refractivity contribution is 7.92. The molecule has 1 atom stereocenters. The van der Waals surface area contributed by atoms with Crippen molar-refractivity contribution in [3.63, 3.8) is 0 Å². The first kappa shape index (κ1) is 32.8. The Balaban J connectivity index is 2.11. The van der Waals surface area contributed by atoms with E-state index < -0.39 is 34.1 Å². The van der Waals surface area contributed by atoms with Crippen LogP contribution in [0.25, 0.3) is 0 Å². The Hall–Kier alpha value is -3.76. The van der Waals surface area contributed by atoms with E-state index in [2.05, 4.69) is 5.32 Å². The van der Waals surface area contributed by atoms with E-state index in [9.17, 15) is 18.0 Å². The van der Waals surface area contributed by atoms with Gasteiger partial charge < -0.3 is 19.7 Å². The summed E-state index contributed by atoms with van der Waals surface area (Å²) in [5, 5.41) is 3.48. The number of ether oxygens (including phenoxy) is 2. The molecule has 3 aromatic rings. The van der Waals surface area contributed by atoms with Gasteiger partial charge in [-0.15, -0.1) is 0 Å². The van der Waals surface area contributed by atoms with Crippen LogP contribution in [0.15, 0.2) is 77.7 Å². The largest absolute Gasteiger partial charge is 0.493 e. The van der Waals surface area contributed by atoms with Crippen LogP contribution in [0, 0.1) is 0 Å². The van der Waals surface area contributed by atoms with Crippen LogP contribution < -0.4 is 19.1 Å². The minimum Gasteiger partial charge on any atom is -0.493 e. The molecule has 0 aliphatic carbocycles. The second kappa shape index (κ2) is 13.9. The average Bonchev–Trinajstić information content (AvgIpc) is 2.95. The summed E-state index contributed by atoms with van der Waals surface area (Å²) in [5.41, 5.74) is 0.392. The van der Waals surface area contributed by atoms with Crippen LogP contribution in [-0.2, 0) is 26.2 Å². The van der Waals surface area contributed by atoms with Crippen LogP contribution >= 0.6 is 11.6 Å². The van der Waals surface area contributed by atoms with E-state index in [1.54, 1.807) is 54.6 Å². The fraction of sp³-hybridized carbons (Fsp3) is 0.355. The topological polar surface area (TPSA) is 105 Å². The van der Waals surface area contributed by atoms with Gasteiger partial charge in [0.1, 0.15) is 12.6 Å². The third-order valence-corrected chi connectivity index (χ3v) is 8.46. The third kappa shape index (κ3) is 8.17. The maximum Gasteiger partial charge on any atom is 0.264 e. The number of methoxy groups -OCH3 is 2. The molecule has 1 N–H and O–H groups in total. The van der Waals surface area contributed by atoms with Crippen molar-refractivity contribution in [1.82, 2.24) is 10.2 Å². The van der Waals surface area contributed by atoms with Gasteiger partial charge >= 0.3 is 0 Å². The van der Waals surface area contributed by atoms with E-state index in [-0.39, 0.29) is 23.0 Å². The molecule has 3 rings (SSSR count). The van der Waals surface area contributed by atoms with Crippen LogP contribution in [0.2, 0.25) is 5.02 Å². The second-order valence-electron chi connectivity index (χ2n) is 10.7. The SMILES string of the molecule is CC[C@@H](C(=O)NC(C)(C)C)N(Cc1ccc(Cl)cc1)C(=O)CN(c1ccc(OC)c(OC)c1)S(=O)(=O)c1ccccc1. The summed E-state index contributed by atoms with van der Waals surface area (Å²) in [5.74, 6) is -0.199. The zero-order valence-electron chi connectivity index (χ0n) is 24.8. The monoisotopic (exact) mass is 615 g/mol. The van der Waals surface area contributed by atoms with Gasteiger partial charge in [0.2, 0.25) is 11.8 Å². The third-order valence-electron chi connectivity index (χ3n) is 6.42. The molecule has 0 heterocycles. The zero-order valence-corrected chi connectivity index (χ0v) is 26.3. The van der Waals surface area contributed by atoms with E-state index in [1.807, 2.05) is 27.7 Å². The van der Waals surface area contributed by atoms with Crippen LogP contribution in [0.5, 0.6) is 11.5 Å². The molecule has 0 aromatic heterocycles. The minimum absolute atomic E-state index is 0.00866. The average molecular weight is 616 g/mol. The molecule has 226 valence electrons. The predicted molar refractivity (Wildman–Crippen MR) is 164 cm³/mol. The first-order valence-electron chi connectivity index (χ1n) is 13.5. The molecule has 0 fully saturated rings. The number of nitrogens with one attached hydrogen (secondary N) is 1. The van der Waals surface area contributed by atoms with Crippen molar-refractivity contribution >= 4 is 39.1 Å². The Kier molecular flexibility index (Phi) is 10.9. The number of carbonyl (C=O) groups is 2. The molecular weight excluding hydrogens is 578 g/mol. The normalized spacial score (nSPS) is 12.3. The molecule has 2 amide bonds. The summed E-state index contributed by atoms with van der Waals surface area (Å²) in [7, 11) is -1.30.